The van der Waals surface area contributed by atoms with Crippen LogP contribution in [0, 0.1) is 12.8 Å². The van der Waals surface area contributed by atoms with E-state index in [1.165, 1.54) is 0 Å². The topological polar surface area (TPSA) is 74.9 Å². The summed E-state index contributed by atoms with van der Waals surface area (Å²) in [5.74, 6) is -0.538. The molecule has 1 N–H and O–H groups in total. The first kappa shape index (κ1) is 13.8. The van der Waals surface area contributed by atoms with Gasteiger partial charge in [0.1, 0.15) is 5.65 Å². The zero-order valence-corrected chi connectivity index (χ0v) is 11.8. The summed E-state index contributed by atoms with van der Waals surface area (Å²) in [5.41, 5.74) is 2.31. The average Bonchev–Trinajstić information content (AvgIpc) is 2.37. The quantitative estimate of drug-likeness (QED) is 0.904. The Bertz CT molecular complexity index is 747. The summed E-state index contributed by atoms with van der Waals surface area (Å²) in [7, 11) is 0. The van der Waals surface area contributed by atoms with Gasteiger partial charge in [0, 0.05) is 31.9 Å². The Morgan fingerprint density at radius 2 is 2.19 bits per heavy atom. The number of aliphatic carboxylic acids is 1. The van der Waals surface area contributed by atoms with Gasteiger partial charge in [-0.1, -0.05) is 6.07 Å². The van der Waals surface area contributed by atoms with Crippen LogP contribution in [0.2, 0.25) is 0 Å². The second kappa shape index (κ2) is 5.29. The van der Waals surface area contributed by atoms with E-state index in [1.807, 2.05) is 19.1 Å². The Morgan fingerprint density at radius 3 is 2.90 bits per heavy atom. The van der Waals surface area contributed by atoms with Crippen LogP contribution in [0.1, 0.15) is 17.7 Å². The van der Waals surface area contributed by atoms with Gasteiger partial charge in [-0.05, 0) is 24.5 Å². The van der Waals surface area contributed by atoms with E-state index in [0.29, 0.717) is 12.2 Å². The predicted molar refractivity (Wildman–Crippen MR) is 77.2 cm³/mol. The molecule has 3 heterocycles. The predicted octanol–water partition coefficient (Wildman–Crippen LogP) is 0.909. The molecule has 1 aliphatic rings. The van der Waals surface area contributed by atoms with Gasteiger partial charge >= 0.3 is 5.97 Å². The smallest absolute Gasteiger partial charge is 0.303 e. The second-order valence-electron chi connectivity index (χ2n) is 5.68. The highest BCUT2D eigenvalue weighted by Gasteiger charge is 2.28. The Morgan fingerprint density at radius 1 is 1.43 bits per heavy atom. The van der Waals surface area contributed by atoms with Crippen LogP contribution in [0.5, 0.6) is 0 Å². The van der Waals surface area contributed by atoms with Crippen LogP contribution >= 0.6 is 0 Å². The number of pyridine rings is 1. The van der Waals surface area contributed by atoms with Crippen molar-refractivity contribution >= 4 is 11.6 Å². The molecule has 21 heavy (non-hydrogen) atoms. The van der Waals surface area contributed by atoms with Crippen LogP contribution in [0.15, 0.2) is 29.2 Å². The first-order valence-electron chi connectivity index (χ1n) is 6.94. The van der Waals surface area contributed by atoms with E-state index in [4.69, 9.17) is 5.11 Å². The number of aryl methyl sites for hydroxylation is 1. The Labute approximate surface area is 121 Å². The third-order valence-electron chi connectivity index (χ3n) is 3.74. The van der Waals surface area contributed by atoms with Crippen molar-refractivity contribution in [2.75, 3.05) is 13.1 Å². The summed E-state index contributed by atoms with van der Waals surface area (Å²) in [4.78, 5) is 29.3. The molecular weight excluding hydrogens is 270 g/mol. The number of rotatable bonds is 4. The van der Waals surface area contributed by atoms with Gasteiger partial charge in [0.2, 0.25) is 0 Å². The summed E-state index contributed by atoms with van der Waals surface area (Å²) in [6.07, 6.45) is 1.99. The van der Waals surface area contributed by atoms with Crippen molar-refractivity contribution in [3.05, 3.63) is 46.0 Å². The van der Waals surface area contributed by atoms with Crippen LogP contribution < -0.4 is 5.56 Å². The van der Waals surface area contributed by atoms with Crippen molar-refractivity contribution in [2.45, 2.75) is 19.9 Å². The molecule has 0 spiro atoms. The number of carboxylic acids is 1. The first-order valence-corrected chi connectivity index (χ1v) is 6.94. The summed E-state index contributed by atoms with van der Waals surface area (Å²) in [6, 6.07) is 5.32. The van der Waals surface area contributed by atoms with Crippen LogP contribution in [0.25, 0.3) is 5.65 Å². The minimum Gasteiger partial charge on any atom is -0.481 e. The number of hydrogen-bond acceptors (Lipinski definition) is 4. The molecular formula is C15H17N3O3. The number of carboxylic acid groups (broad SMARTS) is 1. The minimum atomic E-state index is -0.753. The largest absolute Gasteiger partial charge is 0.481 e. The Kier molecular flexibility index (Phi) is 3.47. The maximum Gasteiger partial charge on any atom is 0.303 e. The van der Waals surface area contributed by atoms with Crippen molar-refractivity contribution < 1.29 is 9.90 Å². The molecule has 0 radical (unpaired) electrons. The zero-order chi connectivity index (χ0) is 15.0. The van der Waals surface area contributed by atoms with E-state index >= 15 is 0 Å². The Balaban J connectivity index is 1.73. The number of likely N-dealkylation sites (tertiary alicyclic amines) is 1. The lowest BCUT2D eigenvalue weighted by Crippen LogP contribution is -2.46. The van der Waals surface area contributed by atoms with E-state index in [2.05, 4.69) is 9.88 Å². The molecule has 0 atom stereocenters. The minimum absolute atomic E-state index is 0.0821. The summed E-state index contributed by atoms with van der Waals surface area (Å²) in [6.45, 7) is 4.03. The molecule has 1 fully saturated rings. The van der Waals surface area contributed by atoms with Crippen molar-refractivity contribution in [1.29, 1.82) is 0 Å². The van der Waals surface area contributed by atoms with Crippen molar-refractivity contribution in [3.8, 4) is 0 Å². The first-order chi connectivity index (χ1) is 10.0. The number of carbonyl (C=O) groups is 1. The fourth-order valence-corrected chi connectivity index (χ4v) is 2.75. The highest BCUT2D eigenvalue weighted by atomic mass is 16.4. The van der Waals surface area contributed by atoms with Gasteiger partial charge in [-0.25, -0.2) is 4.98 Å². The number of nitrogens with zero attached hydrogens (tertiary/aromatic N) is 3. The van der Waals surface area contributed by atoms with Gasteiger partial charge < -0.3 is 5.11 Å². The number of fused-ring (bicyclic) bond motifs is 1. The highest BCUT2D eigenvalue weighted by molar-refractivity contribution is 5.67. The maximum absolute atomic E-state index is 12.1. The third-order valence-corrected chi connectivity index (χ3v) is 3.74. The number of aromatic nitrogens is 2. The van der Waals surface area contributed by atoms with Crippen LogP contribution in [-0.4, -0.2) is 38.4 Å². The molecule has 1 aliphatic heterocycles. The van der Waals surface area contributed by atoms with Crippen LogP contribution in [0.3, 0.4) is 0 Å². The third kappa shape index (κ3) is 2.95. The van der Waals surface area contributed by atoms with E-state index < -0.39 is 5.97 Å². The normalized spacial score (nSPS) is 16.0. The summed E-state index contributed by atoms with van der Waals surface area (Å²) < 4.78 is 1.54. The summed E-state index contributed by atoms with van der Waals surface area (Å²) in [5, 5.41) is 8.73. The van der Waals surface area contributed by atoms with Gasteiger partial charge in [0.15, 0.2) is 0 Å². The average molecular weight is 287 g/mol. The maximum atomic E-state index is 12.1. The molecule has 0 aliphatic carbocycles. The highest BCUT2D eigenvalue weighted by Crippen LogP contribution is 2.20. The molecule has 0 amide bonds. The molecule has 1 saturated heterocycles. The van der Waals surface area contributed by atoms with Crippen LogP contribution in [0.4, 0.5) is 0 Å². The lowest BCUT2D eigenvalue weighted by molar-refractivity contribution is -0.139. The van der Waals surface area contributed by atoms with Crippen LogP contribution in [-0.2, 0) is 11.3 Å². The molecule has 0 unspecified atom stereocenters. The Hall–Kier alpha value is -2.21. The van der Waals surface area contributed by atoms with Crippen molar-refractivity contribution in [2.24, 2.45) is 5.92 Å². The van der Waals surface area contributed by atoms with E-state index in [-0.39, 0.29) is 17.9 Å². The second-order valence-corrected chi connectivity index (χ2v) is 5.68. The molecule has 6 heteroatoms. The lowest BCUT2D eigenvalue weighted by atomic mass is 9.96. The van der Waals surface area contributed by atoms with Gasteiger partial charge in [-0.3, -0.25) is 18.9 Å². The van der Waals surface area contributed by atoms with E-state index in [9.17, 15) is 9.59 Å². The van der Waals surface area contributed by atoms with Crippen molar-refractivity contribution in [3.63, 3.8) is 0 Å². The van der Waals surface area contributed by atoms with E-state index in [0.717, 1.165) is 24.3 Å². The van der Waals surface area contributed by atoms with Crippen molar-refractivity contribution in [1.82, 2.24) is 14.3 Å². The molecule has 2 aromatic heterocycles. The fraction of sp³-hybridized carbons (Fsp3) is 0.400. The lowest BCUT2D eigenvalue weighted by Gasteiger charge is -2.38. The van der Waals surface area contributed by atoms with Gasteiger partial charge in [-0.15, -0.1) is 0 Å². The molecule has 3 rings (SSSR count). The van der Waals surface area contributed by atoms with Gasteiger partial charge in [0.25, 0.3) is 5.56 Å². The van der Waals surface area contributed by atoms with Gasteiger partial charge in [-0.2, -0.15) is 0 Å². The molecule has 0 aromatic carbocycles. The molecule has 0 saturated carbocycles. The van der Waals surface area contributed by atoms with E-state index in [1.54, 1.807) is 16.7 Å². The fourth-order valence-electron chi connectivity index (χ4n) is 2.75. The number of hydrogen-bond donors (Lipinski definition) is 1. The molecule has 2 aromatic rings. The monoisotopic (exact) mass is 287 g/mol. The SMILES string of the molecule is Cc1ccc2nc(CN3CC(CC(=O)O)C3)cc(=O)n2c1. The molecule has 6 nitrogen and oxygen atoms in total. The standard InChI is InChI=1S/C15H17N3O3/c1-10-2-3-13-16-12(5-14(19)18(13)6-10)9-17-7-11(8-17)4-15(20)21/h2-3,5-6,11H,4,7-9H2,1H3,(H,20,21). The van der Waals surface area contributed by atoms with Gasteiger partial charge in [0.05, 0.1) is 12.1 Å². The molecule has 0 bridgehead atoms. The zero-order valence-electron chi connectivity index (χ0n) is 11.8. The molecule has 110 valence electrons. The summed E-state index contributed by atoms with van der Waals surface area (Å²) >= 11 is 0.